The number of nitrogens with one attached hydrogen (secondary N) is 2. The quantitative estimate of drug-likeness (QED) is 0.528. The fourth-order valence-electron chi connectivity index (χ4n) is 2.31. The van der Waals surface area contributed by atoms with Crippen LogP contribution < -0.4 is 20.5 Å². The number of carbonyl (C=O) groups is 2. The van der Waals surface area contributed by atoms with Gasteiger partial charge in [0, 0.05) is 30.6 Å². The lowest BCUT2D eigenvalue weighted by atomic mass is 10.3. The predicted molar refractivity (Wildman–Crippen MR) is 99.3 cm³/mol. The van der Waals surface area contributed by atoms with Crippen LogP contribution in [-0.4, -0.2) is 54.6 Å². The van der Waals surface area contributed by atoms with E-state index in [4.69, 9.17) is 9.47 Å². The Hall–Kier alpha value is -3.25. The lowest BCUT2D eigenvalue weighted by Crippen LogP contribution is -2.44. The van der Waals surface area contributed by atoms with Gasteiger partial charge in [-0.05, 0) is 12.1 Å². The smallest absolute Gasteiger partial charge is 0.289 e. The molecule has 148 valence electrons. The van der Waals surface area contributed by atoms with Crippen molar-refractivity contribution in [3.63, 3.8) is 0 Å². The number of hydrogen-bond donors (Lipinski definition) is 2. The first-order valence-corrected chi connectivity index (χ1v) is 9.15. The maximum Gasteiger partial charge on any atom is 0.289 e. The molecule has 0 radical (unpaired) electrons. The third kappa shape index (κ3) is 5.14. The minimum absolute atomic E-state index is 0.0798. The van der Waals surface area contributed by atoms with Gasteiger partial charge in [0.25, 0.3) is 17.5 Å². The highest BCUT2D eigenvalue weighted by Gasteiger charge is 2.17. The fourth-order valence-corrected chi connectivity index (χ4v) is 3.17. The number of ether oxygens (including phenoxy) is 2. The van der Waals surface area contributed by atoms with Crippen molar-refractivity contribution >= 4 is 34.0 Å². The van der Waals surface area contributed by atoms with Gasteiger partial charge in [-0.2, -0.15) is 0 Å². The van der Waals surface area contributed by atoms with Gasteiger partial charge in [-0.3, -0.25) is 30.6 Å². The number of amides is 2. The van der Waals surface area contributed by atoms with Crippen molar-refractivity contribution in [2.75, 3.05) is 37.8 Å². The average molecular weight is 407 g/mol. The summed E-state index contributed by atoms with van der Waals surface area (Å²) in [4.78, 5) is 40.2. The van der Waals surface area contributed by atoms with Crippen molar-refractivity contribution in [2.45, 2.75) is 0 Å². The molecule has 0 saturated carbocycles. The first-order chi connectivity index (χ1) is 13.5. The van der Waals surface area contributed by atoms with E-state index in [9.17, 15) is 19.7 Å². The monoisotopic (exact) mass is 407 g/mol. The average Bonchev–Trinajstić information content (AvgIpc) is 3.22. The Balaban J connectivity index is 1.43. The molecule has 0 bridgehead atoms. The minimum Gasteiger partial charge on any atom is -0.484 e. The molecule has 0 spiro atoms. The first-order valence-electron chi connectivity index (χ1n) is 8.27. The molecule has 0 unspecified atom stereocenters. The summed E-state index contributed by atoms with van der Waals surface area (Å²) in [5.41, 5.74) is 4.61. The number of hydrogen-bond acceptors (Lipinski definition) is 9. The standard InChI is InChI=1S/C16H17N5O6S/c22-14(9-27-12-3-1-11(2-4-12)21(24)25)18-19-15(23)13-10-28-16(17-13)20-5-7-26-8-6-20/h1-4,10H,5-9H2,(H,18,22)(H,19,23). The highest BCUT2D eigenvalue weighted by atomic mass is 32.1. The van der Waals surface area contributed by atoms with Crippen LogP contribution >= 0.6 is 11.3 Å². The van der Waals surface area contributed by atoms with E-state index in [0.29, 0.717) is 32.1 Å². The number of nitrogens with zero attached hydrogens (tertiary/aromatic N) is 3. The molecule has 0 aliphatic carbocycles. The number of thiazole rings is 1. The molecule has 1 aromatic carbocycles. The molecule has 1 fully saturated rings. The summed E-state index contributed by atoms with van der Waals surface area (Å²) < 4.78 is 10.5. The number of non-ortho nitro benzene ring substituents is 1. The van der Waals surface area contributed by atoms with Crippen LogP contribution in [0.1, 0.15) is 10.5 Å². The van der Waals surface area contributed by atoms with E-state index in [-0.39, 0.29) is 18.0 Å². The highest BCUT2D eigenvalue weighted by molar-refractivity contribution is 7.13. The van der Waals surface area contributed by atoms with E-state index < -0.39 is 16.7 Å². The SMILES string of the molecule is O=C(COc1ccc([N+](=O)[O-])cc1)NNC(=O)c1csc(N2CCOCC2)n1. The van der Waals surface area contributed by atoms with Crippen molar-refractivity contribution in [1.29, 1.82) is 0 Å². The van der Waals surface area contributed by atoms with E-state index in [1.165, 1.54) is 35.6 Å². The highest BCUT2D eigenvalue weighted by Crippen LogP contribution is 2.21. The summed E-state index contributed by atoms with van der Waals surface area (Å²) in [7, 11) is 0. The summed E-state index contributed by atoms with van der Waals surface area (Å²) in [6, 6.07) is 5.30. The topological polar surface area (TPSA) is 136 Å². The van der Waals surface area contributed by atoms with Gasteiger partial charge in [-0.25, -0.2) is 4.98 Å². The molecule has 1 aliphatic heterocycles. The van der Waals surface area contributed by atoms with E-state index in [1.54, 1.807) is 5.38 Å². The number of aromatic nitrogens is 1. The summed E-state index contributed by atoms with van der Waals surface area (Å²) >= 11 is 1.34. The lowest BCUT2D eigenvalue weighted by Gasteiger charge is -2.25. The molecular weight excluding hydrogens is 390 g/mol. The molecule has 0 atom stereocenters. The number of anilines is 1. The molecule has 2 amide bonds. The minimum atomic E-state index is -0.588. The Morgan fingerprint density at radius 3 is 2.64 bits per heavy atom. The Morgan fingerprint density at radius 1 is 1.25 bits per heavy atom. The molecule has 2 heterocycles. The molecule has 1 aliphatic rings. The van der Waals surface area contributed by atoms with E-state index in [1.807, 2.05) is 4.90 Å². The number of nitro groups is 1. The fraction of sp³-hybridized carbons (Fsp3) is 0.312. The number of benzene rings is 1. The molecule has 1 aromatic heterocycles. The Labute approximate surface area is 163 Å². The Morgan fingerprint density at radius 2 is 1.96 bits per heavy atom. The second-order valence-electron chi connectivity index (χ2n) is 5.66. The van der Waals surface area contributed by atoms with Gasteiger partial charge < -0.3 is 14.4 Å². The summed E-state index contributed by atoms with van der Waals surface area (Å²) in [5.74, 6) is -0.837. The summed E-state index contributed by atoms with van der Waals surface area (Å²) in [6.45, 7) is 2.29. The molecule has 12 heteroatoms. The third-order valence-electron chi connectivity index (χ3n) is 3.74. The van der Waals surface area contributed by atoms with Crippen LogP contribution in [0.5, 0.6) is 5.75 Å². The van der Waals surface area contributed by atoms with Crippen LogP contribution in [0.4, 0.5) is 10.8 Å². The van der Waals surface area contributed by atoms with Crippen LogP contribution in [0.25, 0.3) is 0 Å². The molecule has 1 saturated heterocycles. The molecule has 2 N–H and O–H groups in total. The molecule has 2 aromatic rings. The van der Waals surface area contributed by atoms with Crippen LogP contribution in [0.2, 0.25) is 0 Å². The second-order valence-corrected chi connectivity index (χ2v) is 6.49. The molecule has 28 heavy (non-hydrogen) atoms. The van der Waals surface area contributed by atoms with Crippen LogP contribution in [0, 0.1) is 10.1 Å². The van der Waals surface area contributed by atoms with Crippen molar-refractivity contribution in [3.05, 3.63) is 45.5 Å². The van der Waals surface area contributed by atoms with Gasteiger partial charge in [0.15, 0.2) is 11.7 Å². The molecule has 11 nitrogen and oxygen atoms in total. The number of hydrazine groups is 1. The van der Waals surface area contributed by atoms with Crippen molar-refractivity contribution in [3.8, 4) is 5.75 Å². The first kappa shape index (κ1) is 19.5. The second kappa shape index (κ2) is 9.10. The van der Waals surface area contributed by atoms with Crippen molar-refractivity contribution in [1.82, 2.24) is 15.8 Å². The lowest BCUT2D eigenvalue weighted by molar-refractivity contribution is -0.384. The van der Waals surface area contributed by atoms with Crippen LogP contribution in [0.15, 0.2) is 29.6 Å². The Bertz CT molecular complexity index is 849. The molecule has 3 rings (SSSR count). The third-order valence-corrected chi connectivity index (χ3v) is 4.64. The number of carbonyl (C=O) groups excluding carboxylic acids is 2. The maximum absolute atomic E-state index is 12.1. The predicted octanol–water partition coefficient (Wildman–Crippen LogP) is 0.728. The summed E-state index contributed by atoms with van der Waals surface area (Å²) in [5, 5.41) is 12.9. The van der Waals surface area contributed by atoms with E-state index >= 15 is 0 Å². The number of rotatable bonds is 6. The van der Waals surface area contributed by atoms with Gasteiger partial charge in [-0.15, -0.1) is 11.3 Å². The van der Waals surface area contributed by atoms with E-state index in [2.05, 4.69) is 15.8 Å². The van der Waals surface area contributed by atoms with E-state index in [0.717, 1.165) is 5.13 Å². The number of nitro benzene ring substituents is 1. The normalized spacial score (nSPS) is 13.6. The zero-order valence-electron chi connectivity index (χ0n) is 14.6. The zero-order valence-corrected chi connectivity index (χ0v) is 15.4. The number of morpholine rings is 1. The van der Waals surface area contributed by atoms with Gasteiger partial charge >= 0.3 is 0 Å². The van der Waals surface area contributed by atoms with Gasteiger partial charge in [0.1, 0.15) is 11.4 Å². The van der Waals surface area contributed by atoms with Crippen molar-refractivity contribution < 1.29 is 24.0 Å². The molecular formula is C16H17N5O6S. The van der Waals surface area contributed by atoms with Gasteiger partial charge in [0.2, 0.25) is 0 Å². The van der Waals surface area contributed by atoms with Crippen LogP contribution in [0.3, 0.4) is 0 Å². The Kier molecular flexibility index (Phi) is 6.34. The van der Waals surface area contributed by atoms with Crippen LogP contribution in [-0.2, 0) is 9.53 Å². The zero-order chi connectivity index (χ0) is 19.9. The van der Waals surface area contributed by atoms with Crippen molar-refractivity contribution in [2.24, 2.45) is 0 Å². The van der Waals surface area contributed by atoms with Gasteiger partial charge in [0.05, 0.1) is 18.1 Å². The van der Waals surface area contributed by atoms with Gasteiger partial charge in [-0.1, -0.05) is 0 Å². The summed E-state index contributed by atoms with van der Waals surface area (Å²) in [6.07, 6.45) is 0. The largest absolute Gasteiger partial charge is 0.484 e. The maximum atomic E-state index is 12.1.